The minimum atomic E-state index is -4.24. The van der Waals surface area contributed by atoms with Gasteiger partial charge in [0.1, 0.15) is 0 Å². The molecule has 1 fully saturated rings. The third kappa shape index (κ3) is 6.48. The second kappa shape index (κ2) is 8.48. The largest absolute Gasteiger partial charge is 0.401 e. The van der Waals surface area contributed by atoms with Crippen molar-refractivity contribution >= 4 is 5.91 Å². The molecule has 136 valence electrons. The van der Waals surface area contributed by atoms with Crippen LogP contribution in [0, 0.1) is 0 Å². The Morgan fingerprint density at radius 3 is 2.75 bits per heavy atom. The molecule has 0 bridgehead atoms. The Labute approximate surface area is 139 Å². The van der Waals surface area contributed by atoms with Crippen molar-refractivity contribution < 1.29 is 18.0 Å². The number of hydrogen-bond acceptors (Lipinski definition) is 4. The van der Waals surface area contributed by atoms with Crippen LogP contribution in [0.4, 0.5) is 13.2 Å². The zero-order chi connectivity index (χ0) is 17.6. The molecule has 1 amide bonds. The van der Waals surface area contributed by atoms with E-state index in [4.69, 9.17) is 0 Å². The first-order valence-corrected chi connectivity index (χ1v) is 8.08. The van der Waals surface area contributed by atoms with E-state index in [-0.39, 0.29) is 18.9 Å². The molecule has 2 rings (SSSR count). The summed E-state index contributed by atoms with van der Waals surface area (Å²) in [6.45, 7) is 2.71. The summed E-state index contributed by atoms with van der Waals surface area (Å²) in [5.74, 6) is -0.0899. The number of hydrogen-bond donors (Lipinski definition) is 1. The zero-order valence-corrected chi connectivity index (χ0v) is 13.8. The lowest BCUT2D eigenvalue weighted by Crippen LogP contribution is -2.37. The number of carbonyl (C=O) groups excluding carboxylic acids is 1. The lowest BCUT2D eigenvalue weighted by molar-refractivity contribution is -0.133. The molecule has 1 saturated heterocycles. The summed E-state index contributed by atoms with van der Waals surface area (Å²) in [7, 11) is 1.87. The molecule has 1 aliphatic heterocycles. The summed E-state index contributed by atoms with van der Waals surface area (Å²) in [5, 5.41) is 6.41. The minimum Gasteiger partial charge on any atom is -0.341 e. The molecule has 24 heavy (non-hydrogen) atoms. The van der Waals surface area contributed by atoms with Gasteiger partial charge in [0.15, 0.2) is 0 Å². The average Bonchev–Trinajstić information content (AvgIpc) is 2.76. The second-order valence-electron chi connectivity index (χ2n) is 6.07. The van der Waals surface area contributed by atoms with Gasteiger partial charge in [0.2, 0.25) is 5.91 Å². The van der Waals surface area contributed by atoms with Crippen LogP contribution in [0.5, 0.6) is 0 Å². The Balaban J connectivity index is 1.70. The molecule has 0 unspecified atom stereocenters. The van der Waals surface area contributed by atoms with Crippen molar-refractivity contribution in [3.8, 4) is 0 Å². The molecule has 2 heterocycles. The highest BCUT2D eigenvalue weighted by Crippen LogP contribution is 2.12. The van der Waals surface area contributed by atoms with E-state index in [2.05, 4.69) is 15.3 Å². The molecule has 1 aromatic rings. The SMILES string of the molecule is Cn1cc(CN2CCCN(C(=O)CCNCC(F)(F)F)CC2)cn1. The van der Waals surface area contributed by atoms with Crippen molar-refractivity contribution in [2.24, 2.45) is 7.05 Å². The summed E-state index contributed by atoms with van der Waals surface area (Å²) in [5.41, 5.74) is 1.13. The maximum Gasteiger partial charge on any atom is 0.401 e. The highest BCUT2D eigenvalue weighted by Gasteiger charge is 2.26. The molecule has 1 N–H and O–H groups in total. The number of amides is 1. The molecule has 0 radical (unpaired) electrons. The van der Waals surface area contributed by atoms with E-state index < -0.39 is 12.7 Å². The van der Waals surface area contributed by atoms with E-state index in [0.717, 1.165) is 31.6 Å². The van der Waals surface area contributed by atoms with Gasteiger partial charge >= 0.3 is 6.18 Å². The predicted octanol–water partition coefficient (Wildman–Crippen LogP) is 0.996. The van der Waals surface area contributed by atoms with E-state index in [1.807, 2.05) is 19.4 Å². The van der Waals surface area contributed by atoms with E-state index in [1.165, 1.54) is 0 Å². The maximum absolute atomic E-state index is 12.1. The first-order valence-electron chi connectivity index (χ1n) is 8.08. The van der Waals surface area contributed by atoms with Gasteiger partial charge < -0.3 is 10.2 Å². The molecular weight excluding hydrogens is 323 g/mol. The number of carbonyl (C=O) groups is 1. The quantitative estimate of drug-likeness (QED) is 0.780. The van der Waals surface area contributed by atoms with Crippen molar-refractivity contribution in [1.29, 1.82) is 0 Å². The van der Waals surface area contributed by atoms with E-state index >= 15 is 0 Å². The van der Waals surface area contributed by atoms with Crippen LogP contribution >= 0.6 is 0 Å². The third-order valence-corrected chi connectivity index (χ3v) is 3.95. The molecule has 1 aliphatic rings. The number of alkyl halides is 3. The summed E-state index contributed by atoms with van der Waals surface area (Å²) in [6, 6.07) is 0. The van der Waals surface area contributed by atoms with Crippen LogP contribution in [-0.2, 0) is 18.4 Å². The van der Waals surface area contributed by atoms with Crippen LogP contribution in [-0.4, -0.2) is 70.9 Å². The summed E-state index contributed by atoms with van der Waals surface area (Å²) >= 11 is 0. The Kier molecular flexibility index (Phi) is 6.61. The van der Waals surface area contributed by atoms with Crippen molar-refractivity contribution in [2.45, 2.75) is 25.6 Å². The second-order valence-corrected chi connectivity index (χ2v) is 6.07. The standard InChI is InChI=1S/C15H24F3N5O/c1-21-10-13(9-20-21)11-22-5-2-6-23(8-7-22)14(24)3-4-19-12-15(16,17)18/h9-10,19H,2-8,11-12H2,1H3. The predicted molar refractivity (Wildman–Crippen MR) is 83.2 cm³/mol. The lowest BCUT2D eigenvalue weighted by Gasteiger charge is -2.22. The fourth-order valence-corrected chi connectivity index (χ4v) is 2.77. The molecule has 0 aliphatic carbocycles. The Morgan fingerprint density at radius 2 is 2.08 bits per heavy atom. The summed E-state index contributed by atoms with van der Waals surface area (Å²) in [6.07, 6.45) is 0.527. The van der Waals surface area contributed by atoms with Gasteiger partial charge in [-0.3, -0.25) is 14.4 Å². The lowest BCUT2D eigenvalue weighted by atomic mass is 10.3. The number of halogens is 3. The van der Waals surface area contributed by atoms with Crippen molar-refractivity contribution in [3.05, 3.63) is 18.0 Å². The van der Waals surface area contributed by atoms with Crippen LogP contribution < -0.4 is 5.32 Å². The fraction of sp³-hybridized carbons (Fsp3) is 0.733. The van der Waals surface area contributed by atoms with Gasteiger partial charge in [-0.2, -0.15) is 18.3 Å². The number of aryl methyl sites for hydroxylation is 1. The van der Waals surface area contributed by atoms with Crippen molar-refractivity contribution in [2.75, 3.05) is 39.3 Å². The highest BCUT2D eigenvalue weighted by atomic mass is 19.4. The molecule has 0 spiro atoms. The van der Waals surface area contributed by atoms with Gasteiger partial charge in [-0.05, 0) is 6.42 Å². The third-order valence-electron chi connectivity index (χ3n) is 3.95. The molecule has 9 heteroatoms. The van der Waals surface area contributed by atoms with Gasteiger partial charge in [0, 0.05) is 64.5 Å². The normalized spacial score (nSPS) is 17.1. The van der Waals surface area contributed by atoms with E-state index in [1.54, 1.807) is 9.58 Å². The smallest absolute Gasteiger partial charge is 0.341 e. The topological polar surface area (TPSA) is 53.4 Å². The van der Waals surface area contributed by atoms with E-state index in [0.29, 0.717) is 13.1 Å². The van der Waals surface area contributed by atoms with Gasteiger partial charge in [-0.1, -0.05) is 0 Å². The highest BCUT2D eigenvalue weighted by molar-refractivity contribution is 5.76. The van der Waals surface area contributed by atoms with Gasteiger partial charge in [0.25, 0.3) is 0 Å². The average molecular weight is 347 g/mol. The number of nitrogens with zero attached hydrogens (tertiary/aromatic N) is 4. The number of nitrogens with one attached hydrogen (secondary N) is 1. The first-order chi connectivity index (χ1) is 11.3. The Bertz CT molecular complexity index is 531. The van der Waals surface area contributed by atoms with Crippen LogP contribution in [0.3, 0.4) is 0 Å². The molecule has 1 aromatic heterocycles. The molecule has 0 saturated carbocycles. The molecule has 6 nitrogen and oxygen atoms in total. The van der Waals surface area contributed by atoms with Crippen LogP contribution in [0.15, 0.2) is 12.4 Å². The van der Waals surface area contributed by atoms with Gasteiger partial charge in [-0.25, -0.2) is 0 Å². The molecule has 0 atom stereocenters. The van der Waals surface area contributed by atoms with Crippen molar-refractivity contribution in [3.63, 3.8) is 0 Å². The van der Waals surface area contributed by atoms with Gasteiger partial charge in [-0.15, -0.1) is 0 Å². The van der Waals surface area contributed by atoms with Gasteiger partial charge in [0.05, 0.1) is 12.7 Å². The monoisotopic (exact) mass is 347 g/mol. The zero-order valence-electron chi connectivity index (χ0n) is 13.8. The maximum atomic E-state index is 12.1. The van der Waals surface area contributed by atoms with Crippen LogP contribution in [0.1, 0.15) is 18.4 Å². The Morgan fingerprint density at radius 1 is 1.29 bits per heavy atom. The summed E-state index contributed by atoms with van der Waals surface area (Å²) < 4.78 is 37.9. The van der Waals surface area contributed by atoms with Crippen LogP contribution in [0.25, 0.3) is 0 Å². The number of rotatable bonds is 6. The molecule has 0 aromatic carbocycles. The molecular formula is C15H24F3N5O. The fourth-order valence-electron chi connectivity index (χ4n) is 2.77. The number of aromatic nitrogens is 2. The Hall–Kier alpha value is -1.61. The summed E-state index contributed by atoms with van der Waals surface area (Å²) in [4.78, 5) is 16.1. The van der Waals surface area contributed by atoms with Crippen LogP contribution in [0.2, 0.25) is 0 Å². The first kappa shape index (κ1) is 18.7. The van der Waals surface area contributed by atoms with E-state index in [9.17, 15) is 18.0 Å². The van der Waals surface area contributed by atoms with Crippen molar-refractivity contribution in [1.82, 2.24) is 24.9 Å². The minimum absolute atomic E-state index is 0.0498.